The number of thiophene rings is 1. The molecule has 0 atom stereocenters. The fourth-order valence-electron chi connectivity index (χ4n) is 2.38. The highest BCUT2D eigenvalue weighted by Crippen LogP contribution is 2.18. The second kappa shape index (κ2) is 8.49. The summed E-state index contributed by atoms with van der Waals surface area (Å²) in [6, 6.07) is 10.5. The van der Waals surface area contributed by atoms with E-state index < -0.39 is 0 Å². The monoisotopic (exact) mass is 346 g/mol. The molecule has 128 valence electrons. The summed E-state index contributed by atoms with van der Waals surface area (Å²) in [5.74, 6) is -0.112. The Kier molecular flexibility index (Phi) is 6.37. The summed E-state index contributed by atoms with van der Waals surface area (Å²) in [7, 11) is 1.63. The lowest BCUT2D eigenvalue weighted by molar-refractivity contribution is -0.132. The Morgan fingerprint density at radius 3 is 2.54 bits per heavy atom. The van der Waals surface area contributed by atoms with Crippen molar-refractivity contribution in [3.8, 4) is 5.75 Å². The van der Waals surface area contributed by atoms with E-state index in [0.717, 1.165) is 6.42 Å². The normalized spacial score (nSPS) is 10.4. The van der Waals surface area contributed by atoms with Gasteiger partial charge in [0.05, 0.1) is 11.4 Å². The number of para-hydroxylation sites is 1. The topological polar surface area (TPSA) is 60.9 Å². The predicted molar refractivity (Wildman–Crippen MR) is 95.1 cm³/mol. The molecule has 0 unspecified atom stereocenters. The van der Waals surface area contributed by atoms with E-state index in [2.05, 4.69) is 0 Å². The number of benzene rings is 1. The molecule has 0 aliphatic heterocycles. The number of carbonyl (C=O) groups is 2. The molecule has 0 radical (unpaired) electrons. The zero-order valence-corrected chi connectivity index (χ0v) is 14.8. The Morgan fingerprint density at radius 1 is 1.17 bits per heavy atom. The number of phenolic OH excluding ortho intramolecular Hbond substituents is 1. The van der Waals surface area contributed by atoms with Crippen LogP contribution in [0.3, 0.4) is 0 Å². The molecule has 0 aliphatic rings. The van der Waals surface area contributed by atoms with Crippen LogP contribution in [0.2, 0.25) is 0 Å². The van der Waals surface area contributed by atoms with Crippen LogP contribution in [0.15, 0.2) is 41.8 Å². The van der Waals surface area contributed by atoms with Gasteiger partial charge in [-0.05, 0) is 23.9 Å². The first-order valence-electron chi connectivity index (χ1n) is 7.86. The molecule has 0 aliphatic carbocycles. The van der Waals surface area contributed by atoms with Crippen LogP contribution in [0.1, 0.15) is 28.6 Å². The molecule has 0 saturated carbocycles. The Bertz CT molecular complexity index is 685. The van der Waals surface area contributed by atoms with Crippen molar-refractivity contribution in [1.82, 2.24) is 9.80 Å². The summed E-state index contributed by atoms with van der Waals surface area (Å²) in [6.07, 6.45) is 0.807. The summed E-state index contributed by atoms with van der Waals surface area (Å²) < 4.78 is 0. The van der Waals surface area contributed by atoms with Gasteiger partial charge in [0, 0.05) is 25.7 Å². The van der Waals surface area contributed by atoms with Crippen LogP contribution in [0.5, 0.6) is 5.75 Å². The standard InChI is InChI=1S/C18H22N2O3S/c1-3-10-20(12-14-7-4-5-8-15(14)21)17(22)13-19(2)18(23)16-9-6-11-24-16/h4-9,11,21H,3,10,12-13H2,1-2H3. The van der Waals surface area contributed by atoms with Gasteiger partial charge in [-0.25, -0.2) is 0 Å². The number of hydrogen-bond acceptors (Lipinski definition) is 4. The first-order chi connectivity index (χ1) is 11.5. The Hall–Kier alpha value is -2.34. The molecule has 6 heteroatoms. The average Bonchev–Trinajstić information content (AvgIpc) is 3.10. The molecule has 1 N–H and O–H groups in total. The van der Waals surface area contributed by atoms with Crippen molar-refractivity contribution < 1.29 is 14.7 Å². The number of phenols is 1. The number of aromatic hydroxyl groups is 1. The number of carbonyl (C=O) groups excluding carboxylic acids is 2. The highest BCUT2D eigenvalue weighted by Gasteiger charge is 2.20. The second-order valence-corrected chi connectivity index (χ2v) is 6.53. The SMILES string of the molecule is CCCN(Cc1ccccc1O)C(=O)CN(C)C(=O)c1cccs1. The molecule has 0 bridgehead atoms. The third-order valence-corrected chi connectivity index (χ3v) is 4.51. The van der Waals surface area contributed by atoms with Gasteiger partial charge in [0.1, 0.15) is 5.75 Å². The van der Waals surface area contributed by atoms with E-state index in [0.29, 0.717) is 23.5 Å². The van der Waals surface area contributed by atoms with Gasteiger partial charge < -0.3 is 14.9 Å². The summed E-state index contributed by atoms with van der Waals surface area (Å²) in [4.78, 5) is 28.6. The van der Waals surface area contributed by atoms with Crippen molar-refractivity contribution in [2.75, 3.05) is 20.1 Å². The Morgan fingerprint density at radius 2 is 1.92 bits per heavy atom. The highest BCUT2D eigenvalue weighted by atomic mass is 32.1. The van der Waals surface area contributed by atoms with Crippen molar-refractivity contribution in [2.24, 2.45) is 0 Å². The van der Waals surface area contributed by atoms with Gasteiger partial charge in [-0.15, -0.1) is 11.3 Å². The smallest absolute Gasteiger partial charge is 0.264 e. The van der Waals surface area contributed by atoms with E-state index in [4.69, 9.17) is 0 Å². The number of amides is 2. The number of rotatable bonds is 7. The van der Waals surface area contributed by atoms with Crippen LogP contribution in [0.4, 0.5) is 0 Å². The van der Waals surface area contributed by atoms with Gasteiger partial charge in [-0.1, -0.05) is 31.2 Å². The molecule has 24 heavy (non-hydrogen) atoms. The molecule has 0 fully saturated rings. The van der Waals surface area contributed by atoms with Crippen LogP contribution in [0.25, 0.3) is 0 Å². The van der Waals surface area contributed by atoms with Gasteiger partial charge in [-0.2, -0.15) is 0 Å². The Labute approximate surface area is 146 Å². The maximum Gasteiger partial charge on any atom is 0.264 e. The van der Waals surface area contributed by atoms with Crippen molar-refractivity contribution in [3.05, 3.63) is 52.2 Å². The summed E-state index contributed by atoms with van der Waals surface area (Å²) in [6.45, 7) is 2.92. The molecule has 2 amide bonds. The molecule has 1 heterocycles. The lowest BCUT2D eigenvalue weighted by atomic mass is 10.2. The summed E-state index contributed by atoms with van der Waals surface area (Å²) in [5.41, 5.74) is 0.700. The quantitative estimate of drug-likeness (QED) is 0.838. The maximum atomic E-state index is 12.6. The molecule has 2 rings (SSSR count). The van der Waals surface area contributed by atoms with Crippen LogP contribution >= 0.6 is 11.3 Å². The first-order valence-corrected chi connectivity index (χ1v) is 8.74. The minimum absolute atomic E-state index is 0.0182. The minimum atomic E-state index is -0.155. The van der Waals surface area contributed by atoms with E-state index >= 15 is 0 Å². The summed E-state index contributed by atoms with van der Waals surface area (Å²) in [5, 5.41) is 11.7. The third kappa shape index (κ3) is 4.58. The third-order valence-electron chi connectivity index (χ3n) is 3.65. The van der Waals surface area contributed by atoms with E-state index in [-0.39, 0.29) is 24.1 Å². The average molecular weight is 346 g/mol. The van der Waals surface area contributed by atoms with Gasteiger partial charge in [0.25, 0.3) is 5.91 Å². The van der Waals surface area contributed by atoms with Crippen molar-refractivity contribution in [2.45, 2.75) is 19.9 Å². The zero-order valence-electron chi connectivity index (χ0n) is 13.9. The predicted octanol–water partition coefficient (Wildman–Crippen LogP) is 2.96. The van der Waals surface area contributed by atoms with E-state index in [1.165, 1.54) is 16.2 Å². The van der Waals surface area contributed by atoms with E-state index in [1.54, 1.807) is 36.2 Å². The molecule has 0 spiro atoms. The summed E-state index contributed by atoms with van der Waals surface area (Å²) >= 11 is 1.36. The maximum absolute atomic E-state index is 12.6. The molecule has 5 nitrogen and oxygen atoms in total. The van der Waals surface area contributed by atoms with E-state index in [9.17, 15) is 14.7 Å². The first kappa shape index (κ1) is 18.0. The van der Waals surface area contributed by atoms with Gasteiger partial charge in [0.2, 0.25) is 5.91 Å². The highest BCUT2D eigenvalue weighted by molar-refractivity contribution is 7.12. The van der Waals surface area contributed by atoms with Crippen molar-refractivity contribution in [3.63, 3.8) is 0 Å². The molecular weight excluding hydrogens is 324 g/mol. The van der Waals surface area contributed by atoms with Crippen LogP contribution in [-0.4, -0.2) is 46.9 Å². The molecule has 1 aromatic heterocycles. The van der Waals surface area contributed by atoms with Crippen LogP contribution in [-0.2, 0) is 11.3 Å². The lowest BCUT2D eigenvalue weighted by Gasteiger charge is -2.25. The Balaban J connectivity index is 2.03. The molecule has 1 aromatic carbocycles. The fourth-order valence-corrected chi connectivity index (χ4v) is 3.09. The van der Waals surface area contributed by atoms with Gasteiger partial charge >= 0.3 is 0 Å². The number of hydrogen-bond donors (Lipinski definition) is 1. The second-order valence-electron chi connectivity index (χ2n) is 5.58. The molecule has 2 aromatic rings. The van der Waals surface area contributed by atoms with Crippen molar-refractivity contribution in [1.29, 1.82) is 0 Å². The van der Waals surface area contributed by atoms with Crippen LogP contribution < -0.4 is 0 Å². The fraction of sp³-hybridized carbons (Fsp3) is 0.333. The van der Waals surface area contributed by atoms with E-state index in [1.807, 2.05) is 24.4 Å². The van der Waals surface area contributed by atoms with Gasteiger partial charge in [-0.3, -0.25) is 9.59 Å². The number of nitrogens with zero attached hydrogens (tertiary/aromatic N) is 2. The number of likely N-dealkylation sites (N-methyl/N-ethyl adjacent to an activating group) is 1. The largest absolute Gasteiger partial charge is 0.508 e. The lowest BCUT2D eigenvalue weighted by Crippen LogP contribution is -2.41. The van der Waals surface area contributed by atoms with Gasteiger partial charge in [0.15, 0.2) is 0 Å². The van der Waals surface area contributed by atoms with Crippen LogP contribution in [0, 0.1) is 0 Å². The van der Waals surface area contributed by atoms with Crippen molar-refractivity contribution >= 4 is 23.2 Å². The minimum Gasteiger partial charge on any atom is -0.508 e. The zero-order chi connectivity index (χ0) is 17.5. The molecule has 0 saturated heterocycles. The molecular formula is C18H22N2O3S.